The average Bonchev–Trinajstić information content (AvgIpc) is 2.85. The minimum Gasteiger partial charge on any atom is -0.469 e. The summed E-state index contributed by atoms with van der Waals surface area (Å²) in [5.41, 5.74) is 0.881. The summed E-state index contributed by atoms with van der Waals surface area (Å²) in [5, 5.41) is 0. The maximum atomic E-state index is 11.6. The summed E-state index contributed by atoms with van der Waals surface area (Å²) in [6.45, 7) is 3.82. The largest absolute Gasteiger partial charge is 0.469 e. The number of carbonyl (C=O) groups is 1. The Kier molecular flexibility index (Phi) is 2.76. The molecular formula is C11H11NO4. The fraction of sp³-hybridized carbons (Fsp3) is 0.273. The van der Waals surface area contributed by atoms with Gasteiger partial charge in [0.2, 0.25) is 0 Å². The summed E-state index contributed by atoms with van der Waals surface area (Å²) >= 11 is 0. The van der Waals surface area contributed by atoms with Crippen molar-refractivity contribution in [1.82, 2.24) is 4.98 Å². The molecule has 2 rings (SSSR count). The summed E-state index contributed by atoms with van der Waals surface area (Å²) in [7, 11) is 0. The van der Waals surface area contributed by atoms with Gasteiger partial charge in [-0.15, -0.1) is 0 Å². The molecule has 0 saturated carbocycles. The molecule has 5 nitrogen and oxygen atoms in total. The second-order valence-electron chi connectivity index (χ2n) is 3.14. The van der Waals surface area contributed by atoms with Gasteiger partial charge in [-0.05, 0) is 19.9 Å². The molecule has 0 fully saturated rings. The maximum Gasteiger partial charge on any atom is 0.360 e. The van der Waals surface area contributed by atoms with Gasteiger partial charge >= 0.3 is 5.97 Å². The molecule has 0 aliphatic heterocycles. The Hall–Kier alpha value is -2.04. The van der Waals surface area contributed by atoms with Crippen LogP contribution in [0.5, 0.6) is 0 Å². The van der Waals surface area contributed by atoms with Gasteiger partial charge in [-0.1, -0.05) is 0 Å². The summed E-state index contributed by atoms with van der Waals surface area (Å²) in [4.78, 5) is 15.4. The lowest BCUT2D eigenvalue weighted by Crippen LogP contribution is -2.06. The van der Waals surface area contributed by atoms with Crippen molar-refractivity contribution in [3.05, 3.63) is 30.2 Å². The van der Waals surface area contributed by atoms with Gasteiger partial charge in [-0.25, -0.2) is 9.78 Å². The summed E-state index contributed by atoms with van der Waals surface area (Å²) < 4.78 is 15.2. The van der Waals surface area contributed by atoms with Crippen LogP contribution in [0.1, 0.15) is 23.2 Å². The van der Waals surface area contributed by atoms with Crippen LogP contribution in [0.2, 0.25) is 0 Å². The van der Waals surface area contributed by atoms with E-state index in [-0.39, 0.29) is 5.69 Å². The van der Waals surface area contributed by atoms with E-state index in [4.69, 9.17) is 13.6 Å². The lowest BCUT2D eigenvalue weighted by Gasteiger charge is -1.99. The van der Waals surface area contributed by atoms with Crippen LogP contribution in [0.25, 0.3) is 11.3 Å². The number of hydrogen-bond acceptors (Lipinski definition) is 5. The van der Waals surface area contributed by atoms with Gasteiger partial charge in [0, 0.05) is 0 Å². The molecule has 0 bridgehead atoms. The fourth-order valence-corrected chi connectivity index (χ4v) is 1.40. The van der Waals surface area contributed by atoms with Gasteiger partial charge in [0.1, 0.15) is 5.76 Å². The minimum absolute atomic E-state index is 0.173. The predicted octanol–water partition coefficient (Wildman–Crippen LogP) is 2.42. The molecule has 0 atom stereocenters. The number of nitrogens with zero attached hydrogens (tertiary/aromatic N) is 1. The first kappa shape index (κ1) is 10.5. The van der Waals surface area contributed by atoms with Gasteiger partial charge in [0.05, 0.1) is 18.4 Å². The molecule has 2 aromatic rings. The highest BCUT2D eigenvalue weighted by Gasteiger charge is 2.21. The van der Waals surface area contributed by atoms with Crippen LogP contribution in [-0.2, 0) is 4.74 Å². The van der Waals surface area contributed by atoms with Crippen LogP contribution in [0.4, 0.5) is 0 Å². The number of furan rings is 1. The molecule has 0 unspecified atom stereocenters. The molecule has 2 heterocycles. The molecule has 0 spiro atoms. The molecular weight excluding hydrogens is 210 g/mol. The normalized spacial score (nSPS) is 10.4. The van der Waals surface area contributed by atoms with E-state index in [2.05, 4.69) is 4.98 Å². The quantitative estimate of drug-likeness (QED) is 0.744. The Morgan fingerprint density at radius 3 is 2.94 bits per heavy atom. The zero-order valence-electron chi connectivity index (χ0n) is 9.02. The number of hydrogen-bond donors (Lipinski definition) is 0. The molecule has 0 saturated heterocycles. The molecule has 0 aliphatic rings. The number of carbonyl (C=O) groups excluding carboxylic acids is 1. The maximum absolute atomic E-state index is 11.6. The number of oxazole rings is 1. The summed E-state index contributed by atoms with van der Waals surface area (Å²) in [6.07, 6.45) is 2.75. The van der Waals surface area contributed by atoms with Crippen molar-refractivity contribution >= 4 is 5.97 Å². The number of aryl methyl sites for hydroxylation is 1. The highest BCUT2D eigenvalue weighted by molar-refractivity contribution is 5.93. The lowest BCUT2D eigenvalue weighted by atomic mass is 10.2. The molecule has 0 aliphatic carbocycles. The number of ether oxygens (including phenoxy) is 1. The topological polar surface area (TPSA) is 65.5 Å². The molecule has 16 heavy (non-hydrogen) atoms. The Morgan fingerprint density at radius 2 is 2.31 bits per heavy atom. The van der Waals surface area contributed by atoms with E-state index in [1.807, 2.05) is 0 Å². The third-order valence-corrected chi connectivity index (χ3v) is 2.14. The van der Waals surface area contributed by atoms with E-state index in [0.29, 0.717) is 23.7 Å². The highest BCUT2D eigenvalue weighted by atomic mass is 16.5. The van der Waals surface area contributed by atoms with Crippen molar-refractivity contribution in [3.8, 4) is 11.3 Å². The van der Waals surface area contributed by atoms with E-state index in [1.165, 1.54) is 12.7 Å². The Balaban J connectivity index is 2.40. The first-order valence-corrected chi connectivity index (χ1v) is 4.89. The third-order valence-electron chi connectivity index (χ3n) is 2.14. The first-order chi connectivity index (χ1) is 7.74. The number of aromatic nitrogens is 1. The van der Waals surface area contributed by atoms with E-state index in [9.17, 15) is 4.79 Å². The monoisotopic (exact) mass is 221 g/mol. The van der Waals surface area contributed by atoms with Gasteiger partial charge in [0.25, 0.3) is 0 Å². The molecule has 0 N–H and O–H groups in total. The molecule has 84 valence electrons. The second-order valence-corrected chi connectivity index (χ2v) is 3.14. The van der Waals surface area contributed by atoms with Crippen molar-refractivity contribution < 1.29 is 18.4 Å². The van der Waals surface area contributed by atoms with E-state index in [1.54, 1.807) is 19.9 Å². The van der Waals surface area contributed by atoms with Gasteiger partial charge in [-0.2, -0.15) is 0 Å². The molecule has 5 heteroatoms. The first-order valence-electron chi connectivity index (χ1n) is 4.89. The Morgan fingerprint density at radius 1 is 1.50 bits per heavy atom. The number of esters is 1. The van der Waals surface area contributed by atoms with Crippen molar-refractivity contribution in [2.24, 2.45) is 0 Å². The molecule has 2 aromatic heterocycles. The smallest absolute Gasteiger partial charge is 0.360 e. The zero-order chi connectivity index (χ0) is 11.5. The molecule has 0 amide bonds. The van der Waals surface area contributed by atoms with E-state index in [0.717, 1.165) is 0 Å². The van der Waals surface area contributed by atoms with E-state index < -0.39 is 5.97 Å². The van der Waals surface area contributed by atoms with Crippen LogP contribution >= 0.6 is 0 Å². The van der Waals surface area contributed by atoms with Gasteiger partial charge < -0.3 is 13.6 Å². The highest BCUT2D eigenvalue weighted by Crippen LogP contribution is 2.27. The Labute approximate surface area is 92.0 Å². The second kappa shape index (κ2) is 4.22. The van der Waals surface area contributed by atoms with Crippen LogP contribution < -0.4 is 0 Å². The molecule has 0 radical (unpaired) electrons. The van der Waals surface area contributed by atoms with E-state index >= 15 is 0 Å². The van der Waals surface area contributed by atoms with Crippen molar-refractivity contribution in [2.45, 2.75) is 13.8 Å². The average molecular weight is 221 g/mol. The lowest BCUT2D eigenvalue weighted by molar-refractivity contribution is 0.0520. The van der Waals surface area contributed by atoms with Gasteiger partial charge in [-0.3, -0.25) is 0 Å². The summed E-state index contributed by atoms with van der Waals surface area (Å²) in [6, 6.07) is 1.72. The van der Waals surface area contributed by atoms with Crippen molar-refractivity contribution in [2.75, 3.05) is 6.61 Å². The fourth-order valence-electron chi connectivity index (χ4n) is 1.40. The standard InChI is InChI=1S/C11H11NO4/c1-3-14-11(13)9-10(16-6-12-9)8-4-5-15-7(8)2/h4-6H,3H2,1-2H3. The van der Waals surface area contributed by atoms with Crippen LogP contribution in [-0.4, -0.2) is 17.6 Å². The predicted molar refractivity (Wildman–Crippen MR) is 54.9 cm³/mol. The van der Waals surface area contributed by atoms with Gasteiger partial charge in [0.15, 0.2) is 17.8 Å². The van der Waals surface area contributed by atoms with Crippen molar-refractivity contribution in [3.63, 3.8) is 0 Å². The van der Waals surface area contributed by atoms with Crippen molar-refractivity contribution in [1.29, 1.82) is 0 Å². The minimum atomic E-state index is -0.494. The van der Waals surface area contributed by atoms with Crippen LogP contribution in [0.3, 0.4) is 0 Å². The number of rotatable bonds is 3. The third kappa shape index (κ3) is 1.71. The van der Waals surface area contributed by atoms with Crippen LogP contribution in [0, 0.1) is 6.92 Å². The van der Waals surface area contributed by atoms with Crippen LogP contribution in [0.15, 0.2) is 27.6 Å². The zero-order valence-corrected chi connectivity index (χ0v) is 9.02. The summed E-state index contributed by atoms with van der Waals surface area (Å²) in [5.74, 6) is 0.554. The SMILES string of the molecule is CCOC(=O)c1ncoc1-c1ccoc1C. The Bertz CT molecular complexity index is 498. The molecule has 0 aromatic carbocycles.